The van der Waals surface area contributed by atoms with Crippen LogP contribution >= 0.6 is 11.8 Å². The van der Waals surface area contributed by atoms with Gasteiger partial charge in [-0.3, -0.25) is 20.2 Å². The van der Waals surface area contributed by atoms with Gasteiger partial charge < -0.3 is 0 Å². The van der Waals surface area contributed by atoms with Crippen molar-refractivity contribution < 1.29 is 9.85 Å². The minimum Gasteiger partial charge on any atom is -0.258 e. The lowest BCUT2D eigenvalue weighted by atomic mass is 10.2. The van der Waals surface area contributed by atoms with Crippen molar-refractivity contribution in [2.24, 2.45) is 0 Å². The minimum absolute atomic E-state index is 0.0561. The number of para-hydroxylation sites is 1. The molecule has 2 aromatic carbocycles. The van der Waals surface area contributed by atoms with Gasteiger partial charge in [0, 0.05) is 17.0 Å². The standard InChI is InChI=1S/C13H7N3O4S/c14-8-9-7-10(5-6-11(9)15(17)18)21-13-4-2-1-3-12(13)16(19)20/h1-7H. The first-order valence-electron chi connectivity index (χ1n) is 5.62. The van der Waals surface area contributed by atoms with Gasteiger partial charge in [0.25, 0.3) is 11.4 Å². The van der Waals surface area contributed by atoms with E-state index in [9.17, 15) is 20.2 Å². The van der Waals surface area contributed by atoms with Crippen LogP contribution in [0.1, 0.15) is 5.56 Å². The van der Waals surface area contributed by atoms with Gasteiger partial charge in [0.2, 0.25) is 0 Å². The molecular weight excluding hydrogens is 294 g/mol. The zero-order valence-corrected chi connectivity index (χ0v) is 11.2. The quantitative estimate of drug-likeness (QED) is 0.631. The van der Waals surface area contributed by atoms with Gasteiger partial charge in [-0.2, -0.15) is 5.26 Å². The highest BCUT2D eigenvalue weighted by molar-refractivity contribution is 7.99. The molecule has 0 amide bonds. The summed E-state index contributed by atoms with van der Waals surface area (Å²) >= 11 is 1.08. The van der Waals surface area contributed by atoms with E-state index in [-0.39, 0.29) is 16.9 Å². The topological polar surface area (TPSA) is 110 Å². The summed E-state index contributed by atoms with van der Waals surface area (Å²) in [5.74, 6) is 0. The number of nitro benzene ring substituents is 2. The molecule has 0 aliphatic rings. The maximum atomic E-state index is 10.9. The molecule has 0 radical (unpaired) electrons. The van der Waals surface area contributed by atoms with Gasteiger partial charge in [-0.15, -0.1) is 0 Å². The molecule has 0 saturated carbocycles. The Morgan fingerprint density at radius 1 is 1.00 bits per heavy atom. The van der Waals surface area contributed by atoms with E-state index in [4.69, 9.17) is 5.26 Å². The number of nitrogens with zero attached hydrogens (tertiary/aromatic N) is 3. The number of nitro groups is 2. The molecule has 0 atom stereocenters. The van der Waals surface area contributed by atoms with Crippen LogP contribution < -0.4 is 0 Å². The van der Waals surface area contributed by atoms with Crippen LogP contribution in [0.15, 0.2) is 52.3 Å². The van der Waals surface area contributed by atoms with Crippen LogP contribution in [0.2, 0.25) is 0 Å². The molecule has 21 heavy (non-hydrogen) atoms. The molecule has 8 heteroatoms. The number of hydrogen-bond acceptors (Lipinski definition) is 6. The molecular formula is C13H7N3O4S. The number of hydrogen-bond donors (Lipinski definition) is 0. The molecule has 0 spiro atoms. The molecule has 0 aliphatic heterocycles. The summed E-state index contributed by atoms with van der Waals surface area (Å²) in [5, 5.41) is 30.6. The lowest BCUT2D eigenvalue weighted by molar-refractivity contribution is -0.387. The summed E-state index contributed by atoms with van der Waals surface area (Å²) in [6.45, 7) is 0. The zero-order chi connectivity index (χ0) is 15.4. The molecule has 0 aromatic heterocycles. The fourth-order valence-electron chi connectivity index (χ4n) is 1.65. The van der Waals surface area contributed by atoms with Crippen molar-refractivity contribution in [1.29, 1.82) is 5.26 Å². The monoisotopic (exact) mass is 301 g/mol. The Hall–Kier alpha value is -2.92. The third-order valence-corrected chi connectivity index (χ3v) is 3.63. The first-order chi connectivity index (χ1) is 10.0. The predicted octanol–water partition coefficient (Wildman–Crippen LogP) is 3.53. The summed E-state index contributed by atoms with van der Waals surface area (Å²) in [6.07, 6.45) is 0. The summed E-state index contributed by atoms with van der Waals surface area (Å²) in [4.78, 5) is 21.5. The summed E-state index contributed by atoms with van der Waals surface area (Å²) in [7, 11) is 0. The van der Waals surface area contributed by atoms with E-state index < -0.39 is 9.85 Å². The van der Waals surface area contributed by atoms with Crippen molar-refractivity contribution in [3.63, 3.8) is 0 Å². The largest absolute Gasteiger partial charge is 0.287 e. The smallest absolute Gasteiger partial charge is 0.258 e. The van der Waals surface area contributed by atoms with Crippen LogP contribution in [0.5, 0.6) is 0 Å². The Kier molecular flexibility index (Phi) is 4.15. The van der Waals surface area contributed by atoms with Gasteiger partial charge >= 0.3 is 0 Å². The van der Waals surface area contributed by atoms with Gasteiger partial charge in [-0.05, 0) is 18.2 Å². The number of benzene rings is 2. The van der Waals surface area contributed by atoms with Gasteiger partial charge in [-0.1, -0.05) is 23.9 Å². The van der Waals surface area contributed by atoms with E-state index in [2.05, 4.69) is 0 Å². The molecule has 2 rings (SSSR count). The first-order valence-corrected chi connectivity index (χ1v) is 6.44. The van der Waals surface area contributed by atoms with Gasteiger partial charge in [-0.25, -0.2) is 0 Å². The molecule has 0 N–H and O–H groups in total. The van der Waals surface area contributed by atoms with E-state index in [1.807, 2.05) is 0 Å². The number of nitriles is 1. The van der Waals surface area contributed by atoms with E-state index in [0.29, 0.717) is 9.79 Å². The Bertz CT molecular complexity index is 770. The molecule has 0 fully saturated rings. The SMILES string of the molecule is N#Cc1cc(Sc2ccccc2[N+](=O)[O-])ccc1[N+](=O)[O-]. The molecule has 7 nitrogen and oxygen atoms in total. The predicted molar refractivity (Wildman–Crippen MR) is 75.0 cm³/mol. The summed E-state index contributed by atoms with van der Waals surface area (Å²) < 4.78 is 0. The average molecular weight is 301 g/mol. The lowest BCUT2D eigenvalue weighted by Gasteiger charge is -2.03. The van der Waals surface area contributed by atoms with Gasteiger partial charge in [0.15, 0.2) is 0 Å². The highest BCUT2D eigenvalue weighted by Gasteiger charge is 2.17. The fraction of sp³-hybridized carbons (Fsp3) is 0. The lowest BCUT2D eigenvalue weighted by Crippen LogP contribution is -1.93. The second-order valence-electron chi connectivity index (χ2n) is 3.87. The third-order valence-electron chi connectivity index (χ3n) is 2.57. The van der Waals surface area contributed by atoms with Crippen molar-refractivity contribution in [3.05, 3.63) is 68.3 Å². The Morgan fingerprint density at radius 3 is 2.29 bits per heavy atom. The molecule has 0 bridgehead atoms. The van der Waals surface area contributed by atoms with Crippen LogP contribution in [0.4, 0.5) is 11.4 Å². The normalized spacial score (nSPS) is 9.86. The van der Waals surface area contributed by atoms with E-state index in [1.165, 1.54) is 24.3 Å². The Balaban J connectivity index is 2.40. The average Bonchev–Trinajstić information content (AvgIpc) is 2.47. The van der Waals surface area contributed by atoms with E-state index in [0.717, 1.165) is 11.8 Å². The maximum Gasteiger partial charge on any atom is 0.287 e. The van der Waals surface area contributed by atoms with Gasteiger partial charge in [0.05, 0.1) is 14.7 Å². The zero-order valence-electron chi connectivity index (χ0n) is 10.4. The van der Waals surface area contributed by atoms with Crippen LogP contribution in [-0.4, -0.2) is 9.85 Å². The highest BCUT2D eigenvalue weighted by Crippen LogP contribution is 2.36. The van der Waals surface area contributed by atoms with Crippen molar-refractivity contribution in [3.8, 4) is 6.07 Å². The second-order valence-corrected chi connectivity index (χ2v) is 4.99. The number of rotatable bonds is 4. The molecule has 0 heterocycles. The van der Waals surface area contributed by atoms with Crippen molar-refractivity contribution in [2.75, 3.05) is 0 Å². The molecule has 0 unspecified atom stereocenters. The third kappa shape index (κ3) is 3.16. The molecule has 0 aliphatic carbocycles. The van der Waals surface area contributed by atoms with Gasteiger partial charge in [0.1, 0.15) is 11.6 Å². The van der Waals surface area contributed by atoms with Crippen LogP contribution in [0, 0.1) is 31.6 Å². The van der Waals surface area contributed by atoms with Crippen molar-refractivity contribution in [2.45, 2.75) is 9.79 Å². The minimum atomic E-state index is -0.641. The van der Waals surface area contributed by atoms with Crippen LogP contribution in [0.3, 0.4) is 0 Å². The second kappa shape index (κ2) is 6.02. The van der Waals surface area contributed by atoms with Crippen molar-refractivity contribution >= 4 is 23.1 Å². The van der Waals surface area contributed by atoms with Crippen molar-refractivity contribution in [1.82, 2.24) is 0 Å². The molecule has 0 saturated heterocycles. The molecule has 104 valence electrons. The Morgan fingerprint density at radius 2 is 1.67 bits per heavy atom. The van der Waals surface area contributed by atoms with Crippen LogP contribution in [0.25, 0.3) is 0 Å². The van der Waals surface area contributed by atoms with E-state index in [1.54, 1.807) is 24.3 Å². The maximum absolute atomic E-state index is 10.9. The Labute approximate surface area is 123 Å². The first kappa shape index (κ1) is 14.5. The highest BCUT2D eigenvalue weighted by atomic mass is 32.2. The van der Waals surface area contributed by atoms with E-state index >= 15 is 0 Å². The molecule has 2 aromatic rings. The van der Waals surface area contributed by atoms with Crippen LogP contribution in [-0.2, 0) is 0 Å². The fourth-order valence-corrected chi connectivity index (χ4v) is 2.61. The summed E-state index contributed by atoms with van der Waals surface area (Å²) in [5.41, 5.74) is -0.424. The summed E-state index contributed by atoms with van der Waals surface area (Å²) in [6, 6.07) is 11.9.